The first-order valence-corrected chi connectivity index (χ1v) is 6.38. The van der Waals surface area contributed by atoms with Crippen LogP contribution in [0.1, 0.15) is 17.5 Å². The maximum absolute atomic E-state index is 10.8. The molecule has 5 heteroatoms. The van der Waals surface area contributed by atoms with Crippen molar-refractivity contribution in [1.82, 2.24) is 5.32 Å². The van der Waals surface area contributed by atoms with Crippen molar-refractivity contribution in [3.05, 3.63) is 35.4 Å². The van der Waals surface area contributed by atoms with Gasteiger partial charge in [-0.25, -0.2) is 0 Å². The largest absolute Gasteiger partial charge is 0.481 e. The second kappa shape index (κ2) is 6.14. The topological polar surface area (TPSA) is 78.8 Å². The summed E-state index contributed by atoms with van der Waals surface area (Å²) in [6.07, 6.45) is 0.655. The molecule has 3 N–H and O–H groups in total. The number of hydrogen-bond donors (Lipinski definition) is 3. The highest BCUT2D eigenvalue weighted by Gasteiger charge is 2.31. The molecule has 0 aromatic heterocycles. The lowest BCUT2D eigenvalue weighted by Gasteiger charge is -2.21. The fraction of sp³-hybridized carbons (Fsp3) is 0.500. The van der Waals surface area contributed by atoms with Crippen LogP contribution < -0.4 is 5.32 Å². The van der Waals surface area contributed by atoms with Crippen LogP contribution in [-0.2, 0) is 22.5 Å². The number of benzene rings is 1. The van der Waals surface area contributed by atoms with Gasteiger partial charge < -0.3 is 20.3 Å². The van der Waals surface area contributed by atoms with Crippen molar-refractivity contribution < 1.29 is 19.7 Å². The van der Waals surface area contributed by atoms with Crippen LogP contribution in [0.4, 0.5) is 0 Å². The maximum atomic E-state index is 10.8. The first-order chi connectivity index (χ1) is 9.09. The number of aliphatic carboxylic acids is 1. The van der Waals surface area contributed by atoms with Crippen molar-refractivity contribution in [3.8, 4) is 0 Å². The van der Waals surface area contributed by atoms with E-state index in [0.29, 0.717) is 32.7 Å². The molecule has 1 unspecified atom stereocenters. The van der Waals surface area contributed by atoms with Gasteiger partial charge in [0.2, 0.25) is 0 Å². The van der Waals surface area contributed by atoms with Crippen LogP contribution in [0.5, 0.6) is 0 Å². The van der Waals surface area contributed by atoms with E-state index in [2.05, 4.69) is 5.32 Å². The highest BCUT2D eigenvalue weighted by atomic mass is 16.5. The maximum Gasteiger partial charge on any atom is 0.307 e. The fourth-order valence-corrected chi connectivity index (χ4v) is 2.23. The Bertz CT molecular complexity index is 441. The Morgan fingerprint density at radius 2 is 2.11 bits per heavy atom. The number of aliphatic hydroxyl groups is 1. The standard InChI is InChI=1S/C14H19NO4/c16-13(17)7-11-3-1-2-4-12(11)8-15-9-14(18)5-6-19-10-14/h1-4,15,18H,5-10H2,(H,16,17). The Hall–Kier alpha value is -1.43. The van der Waals surface area contributed by atoms with E-state index < -0.39 is 11.6 Å². The molecule has 0 saturated carbocycles. The number of hydrogen-bond acceptors (Lipinski definition) is 4. The van der Waals surface area contributed by atoms with Gasteiger partial charge in [0.25, 0.3) is 0 Å². The molecule has 1 aromatic rings. The Kier molecular flexibility index (Phi) is 4.52. The van der Waals surface area contributed by atoms with Gasteiger partial charge in [-0.05, 0) is 11.1 Å². The summed E-state index contributed by atoms with van der Waals surface area (Å²) < 4.78 is 5.17. The molecule has 0 radical (unpaired) electrons. The average Bonchev–Trinajstić information content (AvgIpc) is 2.78. The summed E-state index contributed by atoms with van der Waals surface area (Å²) in [4.78, 5) is 10.8. The first-order valence-electron chi connectivity index (χ1n) is 6.38. The molecule has 1 aliphatic rings. The lowest BCUT2D eigenvalue weighted by Crippen LogP contribution is -2.40. The van der Waals surface area contributed by atoms with Crippen molar-refractivity contribution in [2.75, 3.05) is 19.8 Å². The van der Waals surface area contributed by atoms with Crippen molar-refractivity contribution in [2.24, 2.45) is 0 Å². The minimum atomic E-state index is -0.838. The summed E-state index contributed by atoms with van der Waals surface area (Å²) in [6.45, 7) is 1.95. The Morgan fingerprint density at radius 1 is 1.37 bits per heavy atom. The second-order valence-electron chi connectivity index (χ2n) is 4.97. The molecule has 1 aromatic carbocycles. The quantitative estimate of drug-likeness (QED) is 0.700. The van der Waals surface area contributed by atoms with Gasteiger partial charge in [-0.1, -0.05) is 24.3 Å². The normalized spacial score (nSPS) is 22.6. The van der Waals surface area contributed by atoms with Gasteiger partial charge >= 0.3 is 5.97 Å². The third-order valence-electron chi connectivity index (χ3n) is 3.31. The van der Waals surface area contributed by atoms with Gasteiger partial charge in [0.15, 0.2) is 0 Å². The lowest BCUT2D eigenvalue weighted by molar-refractivity contribution is -0.136. The van der Waals surface area contributed by atoms with Crippen molar-refractivity contribution in [3.63, 3.8) is 0 Å². The molecule has 0 spiro atoms. The molecule has 1 heterocycles. The summed E-state index contributed by atoms with van der Waals surface area (Å²) in [5.41, 5.74) is 0.964. The molecule has 1 fully saturated rings. The molecule has 19 heavy (non-hydrogen) atoms. The number of carboxylic acids is 1. The molecular formula is C14H19NO4. The van der Waals surface area contributed by atoms with E-state index in [0.717, 1.165) is 11.1 Å². The lowest BCUT2D eigenvalue weighted by atomic mass is 10.0. The Balaban J connectivity index is 1.90. The van der Waals surface area contributed by atoms with Crippen LogP contribution in [0.15, 0.2) is 24.3 Å². The molecule has 1 aliphatic heterocycles. The monoisotopic (exact) mass is 265 g/mol. The fourth-order valence-electron chi connectivity index (χ4n) is 2.23. The molecule has 5 nitrogen and oxygen atoms in total. The number of nitrogens with one attached hydrogen (secondary N) is 1. The summed E-state index contributed by atoms with van der Waals surface area (Å²) in [5, 5.41) is 22.1. The number of ether oxygens (including phenoxy) is 1. The number of carboxylic acid groups (broad SMARTS) is 1. The van der Waals surface area contributed by atoms with Gasteiger partial charge in [-0.2, -0.15) is 0 Å². The Labute approximate surface area is 112 Å². The predicted molar refractivity (Wildman–Crippen MR) is 69.9 cm³/mol. The molecule has 0 bridgehead atoms. The third-order valence-corrected chi connectivity index (χ3v) is 3.31. The molecule has 1 saturated heterocycles. The molecule has 104 valence electrons. The van der Waals surface area contributed by atoms with Crippen LogP contribution in [0.3, 0.4) is 0 Å². The van der Waals surface area contributed by atoms with E-state index in [1.54, 1.807) is 0 Å². The minimum Gasteiger partial charge on any atom is -0.481 e. The van der Waals surface area contributed by atoms with Crippen molar-refractivity contribution >= 4 is 5.97 Å². The van der Waals surface area contributed by atoms with Gasteiger partial charge in [0.1, 0.15) is 5.60 Å². The zero-order valence-electron chi connectivity index (χ0n) is 10.8. The summed E-state index contributed by atoms with van der Waals surface area (Å²) in [7, 11) is 0. The molecule has 0 aliphatic carbocycles. The number of rotatable bonds is 6. The Morgan fingerprint density at radius 3 is 2.74 bits per heavy atom. The van der Waals surface area contributed by atoms with E-state index in [9.17, 15) is 9.90 Å². The summed E-state index contributed by atoms with van der Waals surface area (Å²) in [5.74, 6) is -0.838. The van der Waals surface area contributed by atoms with Gasteiger partial charge in [0, 0.05) is 26.1 Å². The van der Waals surface area contributed by atoms with Gasteiger partial charge in [0.05, 0.1) is 13.0 Å². The zero-order chi connectivity index (χ0) is 13.7. The average molecular weight is 265 g/mol. The highest BCUT2D eigenvalue weighted by Crippen LogP contribution is 2.17. The van der Waals surface area contributed by atoms with E-state index in [-0.39, 0.29) is 6.42 Å². The SMILES string of the molecule is O=C(O)Cc1ccccc1CNCC1(O)CCOC1. The van der Waals surface area contributed by atoms with Gasteiger partial charge in [-0.3, -0.25) is 4.79 Å². The molecule has 2 rings (SSSR count). The summed E-state index contributed by atoms with van der Waals surface area (Å²) >= 11 is 0. The highest BCUT2D eigenvalue weighted by molar-refractivity contribution is 5.70. The summed E-state index contributed by atoms with van der Waals surface area (Å²) in [6, 6.07) is 7.44. The van der Waals surface area contributed by atoms with Crippen LogP contribution >= 0.6 is 0 Å². The third kappa shape index (κ3) is 4.02. The van der Waals surface area contributed by atoms with Crippen LogP contribution in [-0.4, -0.2) is 41.5 Å². The van der Waals surface area contributed by atoms with E-state index in [1.165, 1.54) is 0 Å². The van der Waals surface area contributed by atoms with E-state index in [4.69, 9.17) is 9.84 Å². The first kappa shape index (κ1) is 14.0. The molecular weight excluding hydrogens is 246 g/mol. The van der Waals surface area contributed by atoms with Crippen LogP contribution in [0.2, 0.25) is 0 Å². The van der Waals surface area contributed by atoms with Crippen molar-refractivity contribution in [1.29, 1.82) is 0 Å². The van der Waals surface area contributed by atoms with Crippen molar-refractivity contribution in [2.45, 2.75) is 25.0 Å². The molecule has 1 atom stereocenters. The zero-order valence-corrected chi connectivity index (χ0v) is 10.8. The smallest absolute Gasteiger partial charge is 0.307 e. The number of carbonyl (C=O) groups is 1. The second-order valence-corrected chi connectivity index (χ2v) is 4.97. The van der Waals surface area contributed by atoms with E-state index in [1.807, 2.05) is 24.3 Å². The minimum absolute atomic E-state index is 0.0191. The van der Waals surface area contributed by atoms with Crippen LogP contribution in [0.25, 0.3) is 0 Å². The van der Waals surface area contributed by atoms with Crippen LogP contribution in [0, 0.1) is 0 Å². The van der Waals surface area contributed by atoms with E-state index >= 15 is 0 Å². The molecule has 0 amide bonds. The predicted octanol–water partition coefficient (Wildman–Crippen LogP) is 0.555. The van der Waals surface area contributed by atoms with Gasteiger partial charge in [-0.15, -0.1) is 0 Å².